The zero-order chi connectivity index (χ0) is 24.2. The molecule has 4 aromatic rings. The summed E-state index contributed by atoms with van der Waals surface area (Å²) in [5.74, 6) is 1.09. The second-order valence-corrected chi connectivity index (χ2v) is 9.46. The van der Waals surface area contributed by atoms with Crippen LogP contribution in [0.3, 0.4) is 0 Å². The number of imidazole rings is 1. The third-order valence-corrected chi connectivity index (χ3v) is 7.26. The average molecular weight is 490 g/mol. The number of fused-ring (bicyclic) bond motifs is 1. The van der Waals surface area contributed by atoms with Crippen molar-refractivity contribution < 1.29 is 14.3 Å². The van der Waals surface area contributed by atoms with Gasteiger partial charge in [-0.05, 0) is 65.6 Å². The summed E-state index contributed by atoms with van der Waals surface area (Å²) >= 11 is 1.42. The number of piperidine rings is 1. The molecule has 5 rings (SSSR count). The number of carbonyl (C=O) groups excluding carboxylic acids is 2. The number of pyridine rings is 1. The number of amides is 3. The first kappa shape index (κ1) is 22.9. The smallest absolute Gasteiger partial charge is 0.319 e. The summed E-state index contributed by atoms with van der Waals surface area (Å²) in [6.45, 7) is 1.86. The molecule has 1 aromatic carbocycles. The highest BCUT2D eigenvalue weighted by atomic mass is 32.1. The summed E-state index contributed by atoms with van der Waals surface area (Å²) in [6, 6.07) is 13.5. The van der Waals surface area contributed by atoms with Gasteiger partial charge in [-0.1, -0.05) is 12.1 Å². The Bertz CT molecular complexity index is 1320. The van der Waals surface area contributed by atoms with Crippen LogP contribution in [0.25, 0.3) is 5.65 Å². The van der Waals surface area contributed by atoms with E-state index in [-0.39, 0.29) is 11.9 Å². The Balaban J connectivity index is 1.11. The maximum Gasteiger partial charge on any atom is 0.319 e. The van der Waals surface area contributed by atoms with E-state index in [1.54, 1.807) is 13.3 Å². The lowest BCUT2D eigenvalue weighted by atomic mass is 9.89. The molecule has 35 heavy (non-hydrogen) atoms. The molecule has 0 aliphatic carbocycles. The quantitative estimate of drug-likeness (QED) is 0.409. The SMILES string of the molecule is COc1ccsc1C(=O)N1CCC(c2ccc(NC(=O)NCc3ccn4ccnc4c3)cc2)CC1. The number of carbonyl (C=O) groups is 2. The van der Waals surface area contributed by atoms with Gasteiger partial charge in [-0.3, -0.25) is 4.79 Å². The summed E-state index contributed by atoms with van der Waals surface area (Å²) in [7, 11) is 1.59. The van der Waals surface area contributed by atoms with Crippen molar-refractivity contribution in [3.8, 4) is 5.75 Å². The first-order valence-electron chi connectivity index (χ1n) is 11.6. The number of thiophene rings is 1. The number of hydrogen-bond donors (Lipinski definition) is 2. The van der Waals surface area contributed by atoms with Crippen molar-refractivity contribution in [3.05, 3.63) is 82.4 Å². The fraction of sp³-hybridized carbons (Fsp3) is 0.269. The van der Waals surface area contributed by atoms with Crippen LogP contribution in [0, 0.1) is 0 Å². The number of hydrogen-bond acceptors (Lipinski definition) is 5. The topological polar surface area (TPSA) is 88.0 Å². The molecule has 0 radical (unpaired) electrons. The highest BCUT2D eigenvalue weighted by molar-refractivity contribution is 7.12. The summed E-state index contributed by atoms with van der Waals surface area (Å²) in [5, 5.41) is 7.66. The van der Waals surface area contributed by atoms with Gasteiger partial charge < -0.3 is 24.7 Å². The molecule has 1 saturated heterocycles. The fourth-order valence-electron chi connectivity index (χ4n) is 4.43. The monoisotopic (exact) mass is 489 g/mol. The van der Waals surface area contributed by atoms with Gasteiger partial charge in [-0.25, -0.2) is 9.78 Å². The van der Waals surface area contributed by atoms with Gasteiger partial charge in [0.25, 0.3) is 5.91 Å². The van der Waals surface area contributed by atoms with Gasteiger partial charge in [-0.15, -0.1) is 11.3 Å². The number of urea groups is 1. The van der Waals surface area contributed by atoms with Crippen LogP contribution in [0.1, 0.15) is 39.6 Å². The first-order chi connectivity index (χ1) is 17.1. The van der Waals surface area contributed by atoms with Crippen molar-refractivity contribution in [1.82, 2.24) is 19.6 Å². The van der Waals surface area contributed by atoms with Gasteiger partial charge in [0, 0.05) is 43.9 Å². The first-order valence-corrected chi connectivity index (χ1v) is 12.5. The van der Waals surface area contributed by atoms with E-state index in [2.05, 4.69) is 27.8 Å². The minimum atomic E-state index is -0.253. The molecule has 0 unspecified atom stereocenters. The molecule has 3 aromatic heterocycles. The van der Waals surface area contributed by atoms with E-state index in [0.717, 1.165) is 42.8 Å². The molecule has 8 nitrogen and oxygen atoms in total. The Kier molecular flexibility index (Phi) is 6.67. The zero-order valence-electron chi connectivity index (χ0n) is 19.4. The van der Waals surface area contributed by atoms with Crippen LogP contribution in [0.15, 0.2) is 66.4 Å². The predicted molar refractivity (Wildman–Crippen MR) is 136 cm³/mol. The van der Waals surface area contributed by atoms with Gasteiger partial charge in [0.2, 0.25) is 0 Å². The molecule has 0 bridgehead atoms. The second kappa shape index (κ2) is 10.2. The van der Waals surface area contributed by atoms with Gasteiger partial charge in [0.15, 0.2) is 0 Å². The second-order valence-electron chi connectivity index (χ2n) is 8.54. The number of ether oxygens (including phenoxy) is 1. The number of benzene rings is 1. The van der Waals surface area contributed by atoms with Gasteiger partial charge in [-0.2, -0.15) is 0 Å². The number of nitrogens with zero attached hydrogens (tertiary/aromatic N) is 3. The van der Waals surface area contributed by atoms with E-state index in [1.165, 1.54) is 16.9 Å². The number of aromatic nitrogens is 2. The summed E-state index contributed by atoms with van der Waals surface area (Å²) in [6.07, 6.45) is 7.37. The Labute approximate surface area is 207 Å². The molecule has 3 amide bonds. The van der Waals surface area contributed by atoms with Crippen LogP contribution in [-0.4, -0.2) is 46.4 Å². The third kappa shape index (κ3) is 5.14. The maximum absolute atomic E-state index is 12.8. The Morgan fingerprint density at radius 2 is 1.91 bits per heavy atom. The van der Waals surface area contributed by atoms with Crippen molar-refractivity contribution in [2.45, 2.75) is 25.3 Å². The third-order valence-electron chi connectivity index (χ3n) is 6.38. The van der Waals surface area contributed by atoms with Crippen molar-refractivity contribution in [2.75, 3.05) is 25.5 Å². The highest BCUT2D eigenvalue weighted by Gasteiger charge is 2.27. The molecular formula is C26H27N5O3S. The molecule has 180 valence electrons. The minimum absolute atomic E-state index is 0.0468. The van der Waals surface area contributed by atoms with Crippen LogP contribution in [0.4, 0.5) is 10.5 Å². The molecule has 2 N–H and O–H groups in total. The molecule has 1 aliphatic heterocycles. The van der Waals surface area contributed by atoms with Crippen LogP contribution < -0.4 is 15.4 Å². The summed E-state index contributed by atoms with van der Waals surface area (Å²) < 4.78 is 7.23. The number of rotatable bonds is 6. The predicted octanol–water partition coefficient (Wildman–Crippen LogP) is 4.75. The van der Waals surface area contributed by atoms with E-state index < -0.39 is 0 Å². The summed E-state index contributed by atoms with van der Waals surface area (Å²) in [5.41, 5.74) is 3.80. The number of likely N-dealkylation sites (tertiary alicyclic amines) is 1. The fourth-order valence-corrected chi connectivity index (χ4v) is 5.26. The molecule has 4 heterocycles. The van der Waals surface area contributed by atoms with Crippen LogP contribution in [-0.2, 0) is 6.54 Å². The van der Waals surface area contributed by atoms with Gasteiger partial charge in [0.05, 0.1) is 7.11 Å². The van der Waals surface area contributed by atoms with Crippen LogP contribution in [0.2, 0.25) is 0 Å². The van der Waals surface area contributed by atoms with Crippen LogP contribution in [0.5, 0.6) is 5.75 Å². The number of anilines is 1. The minimum Gasteiger partial charge on any atom is -0.495 e. The number of nitrogens with one attached hydrogen (secondary N) is 2. The largest absolute Gasteiger partial charge is 0.495 e. The Morgan fingerprint density at radius 1 is 1.11 bits per heavy atom. The van der Waals surface area contributed by atoms with Crippen molar-refractivity contribution in [2.24, 2.45) is 0 Å². The van der Waals surface area contributed by atoms with Crippen molar-refractivity contribution in [1.29, 1.82) is 0 Å². The molecule has 0 spiro atoms. The highest BCUT2D eigenvalue weighted by Crippen LogP contribution is 2.32. The molecule has 1 aliphatic rings. The van der Waals surface area contributed by atoms with E-state index >= 15 is 0 Å². The van der Waals surface area contributed by atoms with Crippen molar-refractivity contribution >= 4 is 34.6 Å². The average Bonchev–Trinajstić information content (AvgIpc) is 3.57. The lowest BCUT2D eigenvalue weighted by Gasteiger charge is -2.32. The molecule has 9 heteroatoms. The standard InChI is InChI=1S/C26H27N5O3S/c1-34-22-9-15-35-24(22)25(32)31-12-7-20(8-13-31)19-2-4-21(5-3-19)29-26(33)28-17-18-6-11-30-14-10-27-23(30)16-18/h2-6,9-11,14-16,20H,7-8,12-13,17H2,1H3,(H2,28,29,33). The summed E-state index contributed by atoms with van der Waals surface area (Å²) in [4.78, 5) is 32.0. The molecular weight excluding hydrogens is 462 g/mol. The van der Waals surface area contributed by atoms with Gasteiger partial charge in [0.1, 0.15) is 16.3 Å². The maximum atomic E-state index is 12.8. The Morgan fingerprint density at radius 3 is 2.69 bits per heavy atom. The molecule has 1 fully saturated rings. The Hall–Kier alpha value is -3.85. The van der Waals surface area contributed by atoms with E-state index in [0.29, 0.717) is 23.1 Å². The van der Waals surface area contributed by atoms with E-state index in [1.807, 2.05) is 57.4 Å². The van der Waals surface area contributed by atoms with E-state index in [4.69, 9.17) is 4.74 Å². The molecule has 0 atom stereocenters. The number of methoxy groups -OCH3 is 1. The van der Waals surface area contributed by atoms with Crippen molar-refractivity contribution in [3.63, 3.8) is 0 Å². The van der Waals surface area contributed by atoms with Crippen LogP contribution >= 0.6 is 11.3 Å². The lowest BCUT2D eigenvalue weighted by molar-refractivity contribution is 0.0715. The zero-order valence-corrected chi connectivity index (χ0v) is 20.3. The molecule has 0 saturated carbocycles. The normalized spacial score (nSPS) is 14.1. The van der Waals surface area contributed by atoms with E-state index in [9.17, 15) is 9.59 Å². The lowest BCUT2D eigenvalue weighted by Crippen LogP contribution is -2.37. The van der Waals surface area contributed by atoms with Gasteiger partial charge >= 0.3 is 6.03 Å².